The molecule has 1 aromatic heterocycles. The molecule has 2 rings (SSSR count). The molecule has 114 valence electrons. The smallest absolute Gasteiger partial charge is 0.243 e. The van der Waals surface area contributed by atoms with Gasteiger partial charge in [0.2, 0.25) is 11.7 Å². The molecule has 0 spiro atoms. The van der Waals surface area contributed by atoms with E-state index < -0.39 is 0 Å². The van der Waals surface area contributed by atoms with E-state index in [1.807, 2.05) is 0 Å². The van der Waals surface area contributed by atoms with E-state index in [9.17, 15) is 0 Å². The molecule has 5 nitrogen and oxygen atoms in total. The molecule has 1 atom stereocenters. The minimum Gasteiger partial charge on any atom is -0.370 e. The summed E-state index contributed by atoms with van der Waals surface area (Å²) in [7, 11) is 1.75. The van der Waals surface area contributed by atoms with Crippen LogP contribution >= 0.6 is 0 Å². The van der Waals surface area contributed by atoms with Gasteiger partial charge in [-0.3, -0.25) is 0 Å². The number of aromatic nitrogens is 2. The Hall–Kier alpha value is -0.940. The van der Waals surface area contributed by atoms with Gasteiger partial charge in [-0.15, -0.1) is 0 Å². The molecular weight excluding hydrogens is 254 g/mol. The number of rotatable bonds is 5. The van der Waals surface area contributed by atoms with Crippen LogP contribution in [0.2, 0.25) is 0 Å². The first-order chi connectivity index (χ1) is 9.57. The Bertz CT molecular complexity index is 409. The van der Waals surface area contributed by atoms with E-state index in [4.69, 9.17) is 15.0 Å². The van der Waals surface area contributed by atoms with Crippen molar-refractivity contribution in [2.24, 2.45) is 11.7 Å². The van der Waals surface area contributed by atoms with Crippen molar-refractivity contribution in [1.29, 1.82) is 0 Å². The first kappa shape index (κ1) is 15.4. The summed E-state index contributed by atoms with van der Waals surface area (Å²) < 4.78 is 11.2. The molecule has 0 radical (unpaired) electrons. The van der Waals surface area contributed by atoms with Crippen LogP contribution in [-0.4, -0.2) is 17.3 Å². The van der Waals surface area contributed by atoms with Gasteiger partial charge in [-0.1, -0.05) is 44.7 Å². The summed E-state index contributed by atoms with van der Waals surface area (Å²) in [5, 5.41) is 4.16. The third-order valence-electron chi connectivity index (χ3n) is 4.19. The van der Waals surface area contributed by atoms with Crippen LogP contribution in [-0.2, 0) is 10.3 Å². The fourth-order valence-corrected chi connectivity index (χ4v) is 3.00. The highest BCUT2D eigenvalue weighted by Crippen LogP contribution is 2.37. The number of hydrogen-bond acceptors (Lipinski definition) is 5. The molecular formula is C15H27N3O2. The minimum absolute atomic E-state index is 0.184. The lowest BCUT2D eigenvalue weighted by Gasteiger charge is -2.27. The van der Waals surface area contributed by atoms with Crippen LogP contribution in [0.15, 0.2) is 4.52 Å². The van der Waals surface area contributed by atoms with E-state index in [-0.39, 0.29) is 11.6 Å². The summed E-state index contributed by atoms with van der Waals surface area (Å²) in [6.07, 6.45) is 7.57. The fourth-order valence-electron chi connectivity index (χ4n) is 3.00. The van der Waals surface area contributed by atoms with Gasteiger partial charge in [0, 0.05) is 7.11 Å². The Morgan fingerprint density at radius 2 is 1.90 bits per heavy atom. The van der Waals surface area contributed by atoms with Gasteiger partial charge in [0.25, 0.3) is 0 Å². The predicted octanol–water partition coefficient (Wildman–Crippen LogP) is 3.31. The second kappa shape index (κ2) is 6.68. The lowest BCUT2D eigenvalue weighted by Crippen LogP contribution is -2.29. The van der Waals surface area contributed by atoms with Crippen LogP contribution in [0.25, 0.3) is 0 Å². The molecule has 0 aromatic carbocycles. The molecule has 1 aromatic rings. The summed E-state index contributed by atoms with van der Waals surface area (Å²) in [6, 6.07) is -0.184. The maximum Gasteiger partial charge on any atom is 0.243 e. The molecule has 1 heterocycles. The van der Waals surface area contributed by atoms with Crippen molar-refractivity contribution in [1.82, 2.24) is 10.1 Å². The average molecular weight is 281 g/mol. The molecule has 0 unspecified atom stereocenters. The van der Waals surface area contributed by atoms with Crippen molar-refractivity contribution in [3.05, 3.63) is 11.7 Å². The van der Waals surface area contributed by atoms with Crippen molar-refractivity contribution in [3.8, 4) is 0 Å². The SMILES string of the molecule is COC1(c2noc([C@@H](N)CC(C)C)n2)CCCCCC1. The Morgan fingerprint density at radius 3 is 2.45 bits per heavy atom. The van der Waals surface area contributed by atoms with Crippen LogP contribution in [0.1, 0.15) is 76.6 Å². The first-order valence-corrected chi connectivity index (χ1v) is 7.72. The van der Waals surface area contributed by atoms with Crippen molar-refractivity contribution in [2.75, 3.05) is 7.11 Å². The van der Waals surface area contributed by atoms with E-state index >= 15 is 0 Å². The molecule has 5 heteroatoms. The number of methoxy groups -OCH3 is 1. The summed E-state index contributed by atoms with van der Waals surface area (Å²) in [4.78, 5) is 4.54. The van der Waals surface area contributed by atoms with Gasteiger partial charge in [-0.25, -0.2) is 0 Å². The largest absolute Gasteiger partial charge is 0.370 e. The number of ether oxygens (including phenoxy) is 1. The average Bonchev–Trinajstić information content (AvgIpc) is 2.78. The van der Waals surface area contributed by atoms with Crippen LogP contribution in [0.3, 0.4) is 0 Å². The van der Waals surface area contributed by atoms with E-state index in [0.717, 1.165) is 32.1 Å². The summed E-state index contributed by atoms with van der Waals surface area (Å²) >= 11 is 0. The minimum atomic E-state index is -0.379. The standard InChI is InChI=1S/C15H27N3O2/c1-11(2)10-12(16)13-17-14(18-20-13)15(19-3)8-6-4-5-7-9-15/h11-12H,4-10,16H2,1-3H3/t12-/m0/s1. The maximum atomic E-state index is 6.12. The highest BCUT2D eigenvalue weighted by Gasteiger charge is 2.38. The third kappa shape index (κ3) is 3.38. The predicted molar refractivity (Wildman–Crippen MR) is 77.1 cm³/mol. The van der Waals surface area contributed by atoms with Crippen molar-refractivity contribution < 1.29 is 9.26 Å². The van der Waals surface area contributed by atoms with Crippen molar-refractivity contribution >= 4 is 0 Å². The molecule has 1 fully saturated rings. The van der Waals surface area contributed by atoms with E-state index in [0.29, 0.717) is 17.6 Å². The molecule has 2 N–H and O–H groups in total. The second-order valence-corrected chi connectivity index (χ2v) is 6.30. The Balaban J connectivity index is 2.16. The van der Waals surface area contributed by atoms with Gasteiger partial charge in [-0.2, -0.15) is 4.98 Å². The van der Waals surface area contributed by atoms with Gasteiger partial charge in [-0.05, 0) is 25.2 Å². The maximum absolute atomic E-state index is 6.12. The zero-order chi connectivity index (χ0) is 14.6. The molecule has 20 heavy (non-hydrogen) atoms. The van der Waals surface area contributed by atoms with Crippen molar-refractivity contribution in [3.63, 3.8) is 0 Å². The van der Waals surface area contributed by atoms with Gasteiger partial charge in [0.1, 0.15) is 5.60 Å². The van der Waals surface area contributed by atoms with Crippen LogP contribution in [0.5, 0.6) is 0 Å². The molecule has 0 saturated heterocycles. The van der Waals surface area contributed by atoms with Gasteiger partial charge in [0.15, 0.2) is 0 Å². The molecule has 1 aliphatic carbocycles. The van der Waals surface area contributed by atoms with Gasteiger partial charge in [0.05, 0.1) is 6.04 Å². The monoisotopic (exact) mass is 281 g/mol. The molecule has 1 saturated carbocycles. The van der Waals surface area contributed by atoms with Crippen LogP contribution in [0, 0.1) is 5.92 Å². The Kier molecular flexibility index (Phi) is 5.16. The molecule has 0 amide bonds. The van der Waals surface area contributed by atoms with E-state index in [1.54, 1.807) is 7.11 Å². The lowest BCUT2D eigenvalue weighted by atomic mass is 9.93. The highest BCUT2D eigenvalue weighted by atomic mass is 16.5. The van der Waals surface area contributed by atoms with E-state index in [1.165, 1.54) is 12.8 Å². The lowest BCUT2D eigenvalue weighted by molar-refractivity contribution is -0.0365. The summed E-state index contributed by atoms with van der Waals surface area (Å²) in [6.45, 7) is 4.28. The summed E-state index contributed by atoms with van der Waals surface area (Å²) in [5.41, 5.74) is 5.74. The van der Waals surface area contributed by atoms with Crippen LogP contribution in [0.4, 0.5) is 0 Å². The number of nitrogens with zero attached hydrogens (tertiary/aromatic N) is 2. The quantitative estimate of drug-likeness (QED) is 0.838. The Labute approximate surface area is 121 Å². The Morgan fingerprint density at radius 1 is 1.25 bits per heavy atom. The zero-order valence-corrected chi connectivity index (χ0v) is 12.9. The van der Waals surface area contributed by atoms with Gasteiger partial charge >= 0.3 is 0 Å². The number of nitrogens with two attached hydrogens (primary N) is 1. The third-order valence-corrected chi connectivity index (χ3v) is 4.19. The van der Waals surface area contributed by atoms with Gasteiger partial charge < -0.3 is 15.0 Å². The van der Waals surface area contributed by atoms with Crippen molar-refractivity contribution in [2.45, 2.75) is 70.4 Å². The zero-order valence-electron chi connectivity index (χ0n) is 12.9. The van der Waals surface area contributed by atoms with Crippen LogP contribution < -0.4 is 5.73 Å². The van der Waals surface area contributed by atoms with E-state index in [2.05, 4.69) is 24.0 Å². The second-order valence-electron chi connectivity index (χ2n) is 6.30. The summed E-state index contributed by atoms with van der Waals surface area (Å²) in [5.74, 6) is 1.72. The fraction of sp³-hybridized carbons (Fsp3) is 0.867. The molecule has 0 bridgehead atoms. The molecule has 0 aliphatic heterocycles. The highest BCUT2D eigenvalue weighted by molar-refractivity contribution is 5.04. The molecule has 1 aliphatic rings. The topological polar surface area (TPSA) is 74.2 Å². The number of hydrogen-bond donors (Lipinski definition) is 1. The first-order valence-electron chi connectivity index (χ1n) is 7.72. The normalized spacial score (nSPS) is 20.9.